The Kier molecular flexibility index (Phi) is 9.35. The maximum Gasteiger partial charge on any atom is 0.141 e. The van der Waals surface area contributed by atoms with Crippen LogP contribution >= 0.6 is 0 Å². The molecule has 3 heterocycles. The summed E-state index contributed by atoms with van der Waals surface area (Å²) in [6, 6.07) is 0. The highest BCUT2D eigenvalue weighted by Crippen LogP contribution is 2.36. The number of hydrogen-bond acceptors (Lipinski definition) is 2. The maximum atomic E-state index is 7.25. The maximum absolute atomic E-state index is 7.25. The predicted molar refractivity (Wildman–Crippen MR) is 274 cm³/mol. The molecule has 0 amide bonds. The highest BCUT2D eigenvalue weighted by molar-refractivity contribution is 6.74. The monoisotopic (exact) mass is 709 g/mol. The average Bonchev–Trinajstić information content (AvgIpc) is 3.92. The predicted octanol–water partition coefficient (Wildman–Crippen LogP) is -15.1. The molecule has 0 N–H and O–H groups in total. The van der Waals surface area contributed by atoms with Crippen molar-refractivity contribution in [2.24, 2.45) is 0 Å². The first-order valence-corrected chi connectivity index (χ1v) is 17.5. The zero-order valence-electron chi connectivity index (χ0n) is 31.4. The summed E-state index contributed by atoms with van der Waals surface area (Å²) in [6.07, 6.45) is 0. The number of benzene rings is 6. The van der Waals surface area contributed by atoms with Gasteiger partial charge in [-0.1, -0.05) is 71.0 Å². The van der Waals surface area contributed by atoms with Gasteiger partial charge in [0.2, 0.25) is 0 Å². The molecule has 3 aromatic heterocycles. The molecule has 9 rings (SSSR count). The lowest BCUT2D eigenvalue weighted by atomic mass is 9.62. The van der Waals surface area contributed by atoms with Crippen LogP contribution in [0.2, 0.25) is 0 Å². The third kappa shape index (κ3) is 4.92. The van der Waals surface area contributed by atoms with Crippen molar-refractivity contribution in [1.29, 1.82) is 0 Å². The Morgan fingerprint density at radius 1 is 0.217 bits per heavy atom. The van der Waals surface area contributed by atoms with Crippen LogP contribution in [0.3, 0.4) is 0 Å². The Bertz CT molecular complexity index is 3560. The van der Waals surface area contributed by atoms with Gasteiger partial charge in [0.15, 0.2) is 0 Å². The Balaban J connectivity index is 1.57. The van der Waals surface area contributed by atoms with Crippen molar-refractivity contribution in [3.63, 3.8) is 0 Å². The quantitative estimate of drug-likeness (QED) is 0.168. The van der Waals surface area contributed by atoms with Gasteiger partial charge in [-0.2, -0.15) is 0 Å². The van der Waals surface area contributed by atoms with E-state index >= 15 is 0 Å². The number of rotatable bonds is 2. The third-order valence-electron chi connectivity index (χ3n) is 11.6. The van der Waals surface area contributed by atoms with Gasteiger partial charge in [-0.3, -0.25) is 0 Å². The fraction of sp³-hybridized carbons (Fsp3) is 0. The summed E-state index contributed by atoms with van der Waals surface area (Å²) in [4.78, 5) is 0. The van der Waals surface area contributed by atoms with Crippen molar-refractivity contribution in [1.82, 2.24) is 4.57 Å². The molecular formula is C36B21NO2. The highest BCUT2D eigenvalue weighted by atomic mass is 16.3. The van der Waals surface area contributed by atoms with Crippen LogP contribution in [0.5, 0.6) is 0 Å². The first kappa shape index (κ1) is 41.4. The molecule has 0 saturated heterocycles. The molecule has 0 spiro atoms. The van der Waals surface area contributed by atoms with E-state index in [2.05, 4.69) is 0 Å². The minimum Gasteiger partial charge on any atom is -0.457 e. The van der Waals surface area contributed by atoms with Crippen LogP contribution in [0.15, 0.2) is 8.83 Å². The minimum absolute atomic E-state index is 0.00165. The van der Waals surface area contributed by atoms with E-state index < -0.39 is 0 Å². The number of furan rings is 2. The second kappa shape index (κ2) is 13.5. The molecule has 0 unspecified atom stereocenters. The van der Waals surface area contributed by atoms with Crippen molar-refractivity contribution < 1.29 is 8.83 Å². The molecule has 0 aliphatic rings. The second-order valence-electron chi connectivity index (χ2n) is 14.6. The van der Waals surface area contributed by atoms with E-state index in [0.717, 1.165) is 0 Å². The van der Waals surface area contributed by atoms with Crippen LogP contribution in [-0.2, 0) is 0 Å². The fourth-order valence-electron chi connectivity index (χ4n) is 8.43. The molecule has 60 heavy (non-hydrogen) atoms. The summed E-state index contributed by atoms with van der Waals surface area (Å²) < 4.78 is 14.1. The highest BCUT2D eigenvalue weighted by Gasteiger charge is 2.31. The van der Waals surface area contributed by atoms with E-state index in [1.165, 1.54) is 4.57 Å². The summed E-state index contributed by atoms with van der Waals surface area (Å²) in [6.45, 7) is 0. The zero-order valence-corrected chi connectivity index (χ0v) is 31.4. The number of hydrogen-bond donors (Lipinski definition) is 0. The van der Waals surface area contributed by atoms with E-state index in [9.17, 15) is 0 Å². The van der Waals surface area contributed by atoms with Crippen LogP contribution in [0.25, 0.3) is 82.5 Å². The van der Waals surface area contributed by atoms with Crippen molar-refractivity contribution in [2.75, 3.05) is 0 Å². The Labute approximate surface area is 373 Å². The molecule has 24 heteroatoms. The zero-order chi connectivity index (χ0) is 43.8. The fourth-order valence-corrected chi connectivity index (χ4v) is 8.43. The van der Waals surface area contributed by atoms with Crippen LogP contribution < -0.4 is 115 Å². The number of aromatic nitrogens is 1. The van der Waals surface area contributed by atoms with Crippen LogP contribution in [0.4, 0.5) is 0 Å². The smallest absolute Gasteiger partial charge is 0.141 e. The first-order chi connectivity index (χ1) is 28.1. The van der Waals surface area contributed by atoms with Gasteiger partial charge in [-0.15, -0.1) is 43.7 Å². The van der Waals surface area contributed by atoms with Gasteiger partial charge in [0.05, 0.1) is 11.1 Å². The van der Waals surface area contributed by atoms with Gasteiger partial charge in [-0.25, -0.2) is 0 Å². The summed E-state index contributed by atoms with van der Waals surface area (Å²) in [5.41, 5.74) is -1.12. The Hall–Kier alpha value is -3.92. The van der Waals surface area contributed by atoms with Gasteiger partial charge in [0, 0.05) is 38.1 Å². The van der Waals surface area contributed by atoms with E-state index in [1.54, 1.807) is 0 Å². The standard InChI is InChI=1S/C36B21NO2/c37-9-1(4-12(40)16(44)13(41)5-6-14(42)18(46)21(49)27(55)34(6)59-33(4)5)10(38)24(52)30-2(9)3-11(39)17(45)20(48)25(53)31(3)58(30)32-8-7-15(43)19(47)22(50)28(56)35(7)60-36(8)29(57)23(51)26(32)54. The largest absolute Gasteiger partial charge is 0.457 e. The van der Waals surface area contributed by atoms with Crippen LogP contribution in [-0.4, -0.2) is 169 Å². The van der Waals surface area contributed by atoms with Crippen molar-refractivity contribution in [3.8, 4) is 16.8 Å². The molecule has 0 bridgehead atoms. The van der Waals surface area contributed by atoms with Gasteiger partial charge in [0.1, 0.15) is 187 Å². The van der Waals surface area contributed by atoms with Gasteiger partial charge >= 0.3 is 0 Å². The van der Waals surface area contributed by atoms with Crippen molar-refractivity contribution >= 4 is 345 Å². The van der Waals surface area contributed by atoms with E-state index in [-0.39, 0.29) is 197 Å². The second-order valence-corrected chi connectivity index (χ2v) is 14.6. The average molecular weight is 705 g/mol. The normalized spacial score (nSPS) is 12.1. The van der Waals surface area contributed by atoms with Gasteiger partial charge < -0.3 is 13.4 Å². The third-order valence-corrected chi connectivity index (χ3v) is 11.6. The number of fused-ring (bicyclic) bond motifs is 9. The van der Waals surface area contributed by atoms with E-state index in [4.69, 9.17) is 174 Å². The molecule has 0 atom stereocenters. The van der Waals surface area contributed by atoms with E-state index in [1.807, 2.05) is 0 Å². The van der Waals surface area contributed by atoms with Crippen LogP contribution in [0, 0.1) is 0 Å². The topological polar surface area (TPSA) is 31.2 Å². The van der Waals surface area contributed by atoms with Crippen molar-refractivity contribution in [2.45, 2.75) is 0 Å². The summed E-state index contributed by atoms with van der Waals surface area (Å²) in [5.74, 6) is 0. The minimum atomic E-state index is -0.157. The lowest BCUT2D eigenvalue weighted by molar-refractivity contribution is 0.673. The van der Waals surface area contributed by atoms with Crippen molar-refractivity contribution in [3.05, 3.63) is 0 Å². The summed E-state index contributed by atoms with van der Waals surface area (Å²) in [7, 11) is 139. The molecule has 224 valence electrons. The number of nitrogens with zero attached hydrogens (tertiary/aromatic N) is 1. The molecule has 0 saturated carbocycles. The van der Waals surface area contributed by atoms with E-state index in [0.29, 0.717) is 0 Å². The molecule has 0 fully saturated rings. The molecular weight excluding hydrogens is 705 g/mol. The molecule has 0 aliphatic carbocycles. The lowest BCUT2D eigenvalue weighted by Crippen LogP contribution is -2.48. The summed E-state index contributed by atoms with van der Waals surface area (Å²) >= 11 is 0. The molecule has 3 nitrogen and oxygen atoms in total. The first-order valence-electron chi connectivity index (χ1n) is 17.5. The Morgan fingerprint density at radius 3 is 1.02 bits per heavy atom. The van der Waals surface area contributed by atoms with Gasteiger partial charge in [-0.05, 0) is 10.9 Å². The van der Waals surface area contributed by atoms with Crippen LogP contribution in [0.1, 0.15) is 0 Å². The SMILES string of the molecule is [B]c1c([B])c([B])c2c(oc3c(-c4c([B])c([B])c5c(c4[B])c4c([B])c([B])c([B])c([B])c4n5-c4c([B])c([B])c([B])c5oc6c([B])c([B])c([B])c([B])c6c45)c([B])c([B])c([B])c32)c1[B]. The Morgan fingerprint density at radius 2 is 0.517 bits per heavy atom. The molecule has 0 aliphatic heterocycles. The molecule has 42 radical (unpaired) electrons. The molecule has 6 aromatic carbocycles. The summed E-state index contributed by atoms with van der Waals surface area (Å²) in [5, 5.41) is 0.980. The molecule has 9 aromatic rings. The van der Waals surface area contributed by atoms with Gasteiger partial charge in [0.25, 0.3) is 0 Å². The lowest BCUT2D eigenvalue weighted by Gasteiger charge is -2.24.